The van der Waals surface area contributed by atoms with Crippen molar-refractivity contribution in [2.75, 3.05) is 16.4 Å². The van der Waals surface area contributed by atoms with E-state index in [0.717, 1.165) is 5.69 Å². The van der Waals surface area contributed by atoms with Crippen LogP contribution in [0.5, 0.6) is 0 Å². The zero-order chi connectivity index (χ0) is 19.9. The molecule has 0 saturated carbocycles. The maximum absolute atomic E-state index is 12.6. The number of nitrogens with zero attached hydrogens (tertiary/aromatic N) is 2. The van der Waals surface area contributed by atoms with E-state index >= 15 is 0 Å². The summed E-state index contributed by atoms with van der Waals surface area (Å²) in [6, 6.07) is 14.0. The number of fused-ring (bicyclic) bond motifs is 1. The molecule has 2 aromatic rings. The Bertz CT molecular complexity index is 1070. The third-order valence-corrected chi connectivity index (χ3v) is 8.49. The molecule has 5 nitrogen and oxygen atoms in total. The number of sulfone groups is 1. The fraction of sp³-hybridized carbons (Fsp3) is 0.263. The highest BCUT2D eigenvalue weighted by Crippen LogP contribution is 2.41. The summed E-state index contributed by atoms with van der Waals surface area (Å²) in [5.41, 5.74) is 1.44. The van der Waals surface area contributed by atoms with Crippen molar-refractivity contribution in [3.63, 3.8) is 0 Å². The standard InChI is InChI=1S/C19H16Cl2N2O3S2/c20-13-5-3-6-14(9-13)23-16-10-28(25,26)11-17(16)27-19(23)22-18(24)8-12-4-1-2-7-15(12)21/h1-7,9,16-17H,8,10-11H2/t16-,17-/m1/s1. The number of amidine groups is 1. The molecule has 0 bridgehead atoms. The summed E-state index contributed by atoms with van der Waals surface area (Å²) in [4.78, 5) is 18.7. The summed E-state index contributed by atoms with van der Waals surface area (Å²) in [7, 11) is -3.12. The van der Waals surface area contributed by atoms with E-state index in [1.807, 2.05) is 17.0 Å². The van der Waals surface area contributed by atoms with Crippen LogP contribution < -0.4 is 4.90 Å². The van der Waals surface area contributed by atoms with Crippen molar-refractivity contribution < 1.29 is 13.2 Å². The molecule has 2 fully saturated rings. The van der Waals surface area contributed by atoms with Crippen molar-refractivity contribution >= 4 is 61.6 Å². The van der Waals surface area contributed by atoms with Gasteiger partial charge in [-0.1, -0.05) is 59.2 Å². The van der Waals surface area contributed by atoms with Crippen molar-refractivity contribution in [1.29, 1.82) is 0 Å². The van der Waals surface area contributed by atoms with Gasteiger partial charge in [0.2, 0.25) is 0 Å². The number of halogens is 2. The normalized spacial score (nSPS) is 24.5. The van der Waals surface area contributed by atoms with Gasteiger partial charge in [-0.05, 0) is 29.8 Å². The molecule has 2 aliphatic rings. The quantitative estimate of drug-likeness (QED) is 0.704. The van der Waals surface area contributed by atoms with E-state index in [1.165, 1.54) is 11.8 Å². The van der Waals surface area contributed by atoms with Gasteiger partial charge in [-0.25, -0.2) is 8.42 Å². The number of carbonyl (C=O) groups is 1. The summed E-state index contributed by atoms with van der Waals surface area (Å²) in [5.74, 6) is -0.211. The lowest BCUT2D eigenvalue weighted by Crippen LogP contribution is -2.37. The maximum atomic E-state index is 12.6. The Morgan fingerprint density at radius 3 is 2.68 bits per heavy atom. The van der Waals surface area contributed by atoms with Gasteiger partial charge in [-0.2, -0.15) is 4.99 Å². The van der Waals surface area contributed by atoms with Gasteiger partial charge in [0.25, 0.3) is 5.91 Å². The molecule has 0 spiro atoms. The van der Waals surface area contributed by atoms with Crippen molar-refractivity contribution in [2.24, 2.45) is 4.99 Å². The molecule has 2 heterocycles. The van der Waals surface area contributed by atoms with Gasteiger partial charge in [-0.3, -0.25) is 4.79 Å². The molecular formula is C19H16Cl2N2O3S2. The minimum absolute atomic E-state index is 0.0366. The highest BCUT2D eigenvalue weighted by atomic mass is 35.5. The zero-order valence-corrected chi connectivity index (χ0v) is 17.7. The van der Waals surface area contributed by atoms with E-state index < -0.39 is 9.84 Å². The Morgan fingerprint density at radius 1 is 1.14 bits per heavy atom. The van der Waals surface area contributed by atoms with E-state index in [9.17, 15) is 13.2 Å². The lowest BCUT2D eigenvalue weighted by molar-refractivity contribution is -0.117. The fourth-order valence-corrected chi connectivity index (χ4v) is 7.76. The van der Waals surface area contributed by atoms with Crippen LogP contribution in [-0.4, -0.2) is 42.3 Å². The highest BCUT2D eigenvalue weighted by molar-refractivity contribution is 8.16. The highest BCUT2D eigenvalue weighted by Gasteiger charge is 2.49. The van der Waals surface area contributed by atoms with Crippen molar-refractivity contribution in [3.8, 4) is 0 Å². The molecule has 0 aromatic heterocycles. The van der Waals surface area contributed by atoms with Crippen LogP contribution in [-0.2, 0) is 21.1 Å². The van der Waals surface area contributed by atoms with Crippen LogP contribution >= 0.6 is 35.0 Å². The third-order valence-electron chi connectivity index (χ3n) is 4.67. The number of thioether (sulfide) groups is 1. The first-order valence-corrected chi connectivity index (χ1v) is 12.0. The first-order valence-electron chi connectivity index (χ1n) is 8.59. The molecule has 28 heavy (non-hydrogen) atoms. The largest absolute Gasteiger partial charge is 0.316 e. The van der Waals surface area contributed by atoms with E-state index in [-0.39, 0.29) is 35.1 Å². The first kappa shape index (κ1) is 19.8. The van der Waals surface area contributed by atoms with Gasteiger partial charge in [0.05, 0.1) is 24.0 Å². The lowest BCUT2D eigenvalue weighted by atomic mass is 10.1. The zero-order valence-electron chi connectivity index (χ0n) is 14.6. The van der Waals surface area contributed by atoms with Crippen molar-refractivity contribution in [3.05, 3.63) is 64.1 Å². The third kappa shape index (κ3) is 4.08. The lowest BCUT2D eigenvalue weighted by Gasteiger charge is -2.24. The molecule has 2 saturated heterocycles. The Hall–Kier alpha value is -1.54. The molecule has 2 atom stereocenters. The van der Waals surface area contributed by atoms with Crippen LogP contribution in [0.3, 0.4) is 0 Å². The number of carbonyl (C=O) groups excluding carboxylic acids is 1. The second-order valence-corrected chi connectivity index (χ2v) is 10.9. The average molecular weight is 455 g/mol. The van der Waals surface area contributed by atoms with Crippen LogP contribution in [0.2, 0.25) is 10.0 Å². The van der Waals surface area contributed by atoms with Gasteiger partial charge in [0.1, 0.15) is 0 Å². The van der Waals surface area contributed by atoms with E-state index in [4.69, 9.17) is 23.2 Å². The number of benzene rings is 2. The number of hydrogen-bond donors (Lipinski definition) is 0. The number of anilines is 1. The molecule has 4 rings (SSSR count). The molecule has 2 aliphatic heterocycles. The average Bonchev–Trinajstić information content (AvgIpc) is 3.07. The van der Waals surface area contributed by atoms with E-state index in [1.54, 1.807) is 36.4 Å². The molecule has 0 unspecified atom stereocenters. The van der Waals surface area contributed by atoms with Gasteiger partial charge >= 0.3 is 0 Å². The van der Waals surface area contributed by atoms with E-state index in [2.05, 4.69) is 4.99 Å². The summed E-state index contributed by atoms with van der Waals surface area (Å²) < 4.78 is 24.2. The monoisotopic (exact) mass is 454 g/mol. The fourth-order valence-electron chi connectivity index (χ4n) is 3.44. The topological polar surface area (TPSA) is 66.8 Å². The first-order chi connectivity index (χ1) is 13.3. The molecule has 0 N–H and O–H groups in total. The molecular weight excluding hydrogens is 439 g/mol. The number of rotatable bonds is 3. The maximum Gasteiger partial charge on any atom is 0.252 e. The van der Waals surface area contributed by atoms with Crippen LogP contribution in [0.25, 0.3) is 0 Å². The van der Waals surface area contributed by atoms with Crippen LogP contribution in [0.4, 0.5) is 5.69 Å². The molecule has 0 radical (unpaired) electrons. The van der Waals surface area contributed by atoms with Gasteiger partial charge in [-0.15, -0.1) is 0 Å². The summed E-state index contributed by atoms with van der Waals surface area (Å²) in [6.07, 6.45) is 0.0841. The van der Waals surface area contributed by atoms with Crippen LogP contribution in [0.1, 0.15) is 5.56 Å². The number of amides is 1. The summed E-state index contributed by atoms with van der Waals surface area (Å²) in [6.45, 7) is 0. The van der Waals surface area contributed by atoms with Gasteiger partial charge in [0, 0.05) is 21.0 Å². The minimum atomic E-state index is -3.12. The summed E-state index contributed by atoms with van der Waals surface area (Å²) in [5, 5.41) is 1.40. The predicted molar refractivity (Wildman–Crippen MR) is 115 cm³/mol. The number of aliphatic imine (C=N–C) groups is 1. The Balaban J connectivity index is 1.66. The Kier molecular flexibility index (Phi) is 5.44. The van der Waals surface area contributed by atoms with E-state index in [0.29, 0.717) is 20.8 Å². The molecule has 0 aliphatic carbocycles. The molecule has 9 heteroatoms. The molecule has 146 valence electrons. The SMILES string of the molecule is O=C(Cc1ccccc1Cl)N=C1S[C@@H]2CS(=O)(=O)C[C@H]2N1c1cccc(Cl)c1. The van der Waals surface area contributed by atoms with Crippen LogP contribution in [0.15, 0.2) is 53.5 Å². The van der Waals surface area contributed by atoms with Crippen molar-refractivity contribution in [1.82, 2.24) is 0 Å². The second-order valence-electron chi connectivity index (χ2n) is 6.71. The Morgan fingerprint density at radius 2 is 1.93 bits per heavy atom. The number of hydrogen-bond acceptors (Lipinski definition) is 4. The van der Waals surface area contributed by atoms with Gasteiger partial charge in [0.15, 0.2) is 15.0 Å². The molecule has 1 amide bonds. The van der Waals surface area contributed by atoms with Gasteiger partial charge < -0.3 is 4.90 Å². The predicted octanol–water partition coefficient (Wildman–Crippen LogP) is 3.84. The van der Waals surface area contributed by atoms with Crippen molar-refractivity contribution in [2.45, 2.75) is 17.7 Å². The second kappa shape index (κ2) is 7.71. The smallest absolute Gasteiger partial charge is 0.252 e. The molecule has 2 aromatic carbocycles. The van der Waals surface area contributed by atoms with Crippen LogP contribution in [0, 0.1) is 0 Å². The summed E-state index contributed by atoms with van der Waals surface area (Å²) >= 11 is 13.6. The minimum Gasteiger partial charge on any atom is -0.316 e. The Labute approximate surface area is 177 Å².